The summed E-state index contributed by atoms with van der Waals surface area (Å²) in [7, 11) is 0. The van der Waals surface area contributed by atoms with Gasteiger partial charge in [-0.05, 0) is 43.1 Å². The van der Waals surface area contributed by atoms with Crippen LogP contribution in [0.25, 0.3) is 0 Å². The van der Waals surface area contributed by atoms with E-state index in [1.807, 2.05) is 0 Å². The number of aliphatic hydroxyl groups excluding tert-OH is 1. The van der Waals surface area contributed by atoms with Crippen LogP contribution in [0.15, 0.2) is 11.6 Å². The average molecular weight is 166 g/mol. The highest BCUT2D eigenvalue weighted by Crippen LogP contribution is 2.48. The minimum Gasteiger partial charge on any atom is -0.392 e. The fourth-order valence-electron chi connectivity index (χ4n) is 2.71. The predicted molar refractivity (Wildman–Crippen MR) is 49.9 cm³/mol. The van der Waals surface area contributed by atoms with E-state index in [-0.39, 0.29) is 6.61 Å². The first-order chi connectivity index (χ1) is 5.85. The molecule has 0 unspecified atom stereocenters. The van der Waals surface area contributed by atoms with Gasteiger partial charge >= 0.3 is 0 Å². The van der Waals surface area contributed by atoms with Crippen molar-refractivity contribution in [1.29, 1.82) is 0 Å². The van der Waals surface area contributed by atoms with Crippen molar-refractivity contribution in [3.63, 3.8) is 0 Å². The smallest absolute Gasteiger partial charge is 0.0641 e. The largest absolute Gasteiger partial charge is 0.392 e. The third kappa shape index (κ3) is 1.42. The summed E-state index contributed by atoms with van der Waals surface area (Å²) in [5.74, 6) is 0. The van der Waals surface area contributed by atoms with Gasteiger partial charge in [-0.3, -0.25) is 0 Å². The summed E-state index contributed by atoms with van der Waals surface area (Å²) in [6.07, 6.45) is 11.7. The Morgan fingerprint density at radius 1 is 1.25 bits per heavy atom. The van der Waals surface area contributed by atoms with Crippen molar-refractivity contribution in [2.45, 2.75) is 44.9 Å². The lowest BCUT2D eigenvalue weighted by Gasteiger charge is -2.32. The van der Waals surface area contributed by atoms with Gasteiger partial charge in [-0.1, -0.05) is 18.9 Å². The summed E-state index contributed by atoms with van der Waals surface area (Å²) in [5.41, 5.74) is 1.94. The first-order valence-electron chi connectivity index (χ1n) is 5.13. The topological polar surface area (TPSA) is 20.2 Å². The summed E-state index contributed by atoms with van der Waals surface area (Å²) in [6.45, 7) is 0.288. The Balaban J connectivity index is 2.01. The molecule has 2 aliphatic carbocycles. The van der Waals surface area contributed by atoms with Crippen molar-refractivity contribution < 1.29 is 5.11 Å². The van der Waals surface area contributed by atoms with Crippen LogP contribution in [0.1, 0.15) is 44.9 Å². The fraction of sp³-hybridized carbons (Fsp3) is 0.818. The molecule has 2 rings (SSSR count). The first-order valence-corrected chi connectivity index (χ1v) is 5.13. The zero-order valence-electron chi connectivity index (χ0n) is 7.68. The van der Waals surface area contributed by atoms with E-state index in [1.165, 1.54) is 44.1 Å². The van der Waals surface area contributed by atoms with Crippen LogP contribution in [0, 0.1) is 5.41 Å². The van der Waals surface area contributed by atoms with E-state index < -0.39 is 0 Å². The van der Waals surface area contributed by atoms with E-state index in [9.17, 15) is 0 Å². The Morgan fingerprint density at radius 2 is 2.00 bits per heavy atom. The lowest BCUT2D eigenvalue weighted by Crippen LogP contribution is -2.19. The van der Waals surface area contributed by atoms with Crippen LogP contribution in [0.2, 0.25) is 0 Å². The summed E-state index contributed by atoms with van der Waals surface area (Å²) >= 11 is 0. The molecular weight excluding hydrogens is 148 g/mol. The molecule has 68 valence electrons. The summed E-state index contributed by atoms with van der Waals surface area (Å²) < 4.78 is 0. The Hall–Kier alpha value is -0.300. The van der Waals surface area contributed by atoms with Crippen LogP contribution >= 0.6 is 0 Å². The SMILES string of the molecule is OCC1=CCC2(CCCC2)CC1. The molecule has 1 nitrogen and oxygen atoms in total. The van der Waals surface area contributed by atoms with E-state index in [0.29, 0.717) is 5.41 Å². The molecular formula is C11H18O. The van der Waals surface area contributed by atoms with Crippen LogP contribution in [-0.2, 0) is 0 Å². The van der Waals surface area contributed by atoms with Gasteiger partial charge in [0.05, 0.1) is 6.61 Å². The predicted octanol–water partition coefficient (Wildman–Crippen LogP) is 2.65. The molecule has 12 heavy (non-hydrogen) atoms. The zero-order chi connectivity index (χ0) is 8.44. The van der Waals surface area contributed by atoms with E-state index >= 15 is 0 Å². The van der Waals surface area contributed by atoms with Gasteiger partial charge < -0.3 is 5.11 Å². The zero-order valence-corrected chi connectivity index (χ0v) is 7.68. The molecule has 0 aromatic heterocycles. The fourth-order valence-corrected chi connectivity index (χ4v) is 2.71. The highest BCUT2D eigenvalue weighted by atomic mass is 16.3. The summed E-state index contributed by atoms with van der Waals surface area (Å²) in [6, 6.07) is 0. The molecule has 0 atom stereocenters. The monoisotopic (exact) mass is 166 g/mol. The lowest BCUT2D eigenvalue weighted by atomic mass is 9.74. The summed E-state index contributed by atoms with van der Waals surface area (Å²) in [4.78, 5) is 0. The molecule has 0 heterocycles. The van der Waals surface area contributed by atoms with Crippen molar-refractivity contribution in [3.8, 4) is 0 Å². The molecule has 0 aromatic carbocycles. The van der Waals surface area contributed by atoms with E-state index in [1.54, 1.807) is 0 Å². The standard InChI is InChI=1S/C11H18O/c12-9-10-3-7-11(8-4-10)5-1-2-6-11/h3,12H,1-2,4-9H2. The average Bonchev–Trinajstić information content (AvgIpc) is 2.55. The maximum atomic E-state index is 8.95. The van der Waals surface area contributed by atoms with Gasteiger partial charge in [0, 0.05) is 0 Å². The molecule has 1 fully saturated rings. The van der Waals surface area contributed by atoms with Crippen LogP contribution < -0.4 is 0 Å². The molecule has 1 heteroatoms. The van der Waals surface area contributed by atoms with Gasteiger partial charge in [-0.15, -0.1) is 0 Å². The highest BCUT2D eigenvalue weighted by molar-refractivity contribution is 5.10. The van der Waals surface area contributed by atoms with Crippen molar-refractivity contribution in [2.24, 2.45) is 5.41 Å². The number of aliphatic hydroxyl groups is 1. The molecule has 0 aromatic rings. The van der Waals surface area contributed by atoms with Crippen molar-refractivity contribution in [3.05, 3.63) is 11.6 Å². The Kier molecular flexibility index (Phi) is 2.22. The molecule has 2 aliphatic rings. The highest BCUT2D eigenvalue weighted by Gasteiger charge is 2.34. The van der Waals surface area contributed by atoms with Gasteiger partial charge in [-0.25, -0.2) is 0 Å². The second-order valence-corrected chi connectivity index (χ2v) is 4.43. The maximum absolute atomic E-state index is 8.95. The number of rotatable bonds is 1. The third-order valence-corrected chi connectivity index (χ3v) is 3.67. The van der Waals surface area contributed by atoms with Crippen LogP contribution in [0.4, 0.5) is 0 Å². The van der Waals surface area contributed by atoms with Crippen molar-refractivity contribution in [2.75, 3.05) is 6.61 Å². The van der Waals surface area contributed by atoms with E-state index in [2.05, 4.69) is 6.08 Å². The van der Waals surface area contributed by atoms with E-state index in [4.69, 9.17) is 5.11 Å². The minimum atomic E-state index is 0.288. The van der Waals surface area contributed by atoms with Gasteiger partial charge in [0.15, 0.2) is 0 Å². The molecule has 1 saturated carbocycles. The van der Waals surface area contributed by atoms with Gasteiger partial charge in [0.1, 0.15) is 0 Å². The molecule has 0 aliphatic heterocycles. The molecule has 0 amide bonds. The number of hydrogen-bond acceptors (Lipinski definition) is 1. The van der Waals surface area contributed by atoms with Crippen LogP contribution in [0.5, 0.6) is 0 Å². The molecule has 0 radical (unpaired) electrons. The number of allylic oxidation sites excluding steroid dienone is 1. The minimum absolute atomic E-state index is 0.288. The van der Waals surface area contributed by atoms with Gasteiger partial charge in [0.2, 0.25) is 0 Å². The molecule has 0 saturated heterocycles. The Bertz CT molecular complexity index is 187. The van der Waals surface area contributed by atoms with Crippen molar-refractivity contribution in [1.82, 2.24) is 0 Å². The van der Waals surface area contributed by atoms with Gasteiger partial charge in [-0.2, -0.15) is 0 Å². The van der Waals surface area contributed by atoms with Crippen LogP contribution in [0.3, 0.4) is 0 Å². The first kappa shape index (κ1) is 8.31. The lowest BCUT2D eigenvalue weighted by molar-refractivity contribution is 0.246. The normalized spacial score (nSPS) is 27.6. The molecule has 1 spiro atoms. The second-order valence-electron chi connectivity index (χ2n) is 4.43. The van der Waals surface area contributed by atoms with Gasteiger partial charge in [0.25, 0.3) is 0 Å². The van der Waals surface area contributed by atoms with Crippen LogP contribution in [-0.4, -0.2) is 11.7 Å². The Morgan fingerprint density at radius 3 is 2.50 bits per heavy atom. The third-order valence-electron chi connectivity index (χ3n) is 3.67. The maximum Gasteiger partial charge on any atom is 0.0641 e. The summed E-state index contributed by atoms with van der Waals surface area (Å²) in [5, 5.41) is 8.95. The Labute approximate surface area is 74.5 Å². The second kappa shape index (κ2) is 3.21. The quantitative estimate of drug-likeness (QED) is 0.594. The van der Waals surface area contributed by atoms with Crippen molar-refractivity contribution >= 4 is 0 Å². The molecule has 0 bridgehead atoms. The molecule has 1 N–H and O–H groups in total. The number of hydrogen-bond donors (Lipinski definition) is 1. The van der Waals surface area contributed by atoms with E-state index in [0.717, 1.165) is 6.42 Å².